The van der Waals surface area contributed by atoms with Crippen LogP contribution in [0.1, 0.15) is 31.1 Å². The molecule has 0 atom stereocenters. The molecule has 1 aromatic carbocycles. The van der Waals surface area contributed by atoms with Gasteiger partial charge in [0.1, 0.15) is 0 Å². The second kappa shape index (κ2) is 5.66. The Balaban J connectivity index is 0.00000169. The van der Waals surface area contributed by atoms with Crippen molar-refractivity contribution in [3.8, 4) is 0 Å². The monoisotopic (exact) mass is 213 g/mol. The molecule has 0 radical (unpaired) electrons. The van der Waals surface area contributed by atoms with Crippen LogP contribution in [-0.4, -0.2) is 11.8 Å². The highest BCUT2D eigenvalue weighted by atomic mass is 35.5. The molecular weight excluding hydrogens is 198 g/mol. The van der Waals surface area contributed by atoms with Crippen molar-refractivity contribution in [1.82, 2.24) is 0 Å². The molecule has 0 unspecified atom stereocenters. The summed E-state index contributed by atoms with van der Waals surface area (Å²) in [6, 6.07) is 7.92. The number of hydrogen-bond acceptors (Lipinski definition) is 2. The molecule has 0 saturated carbocycles. The van der Waals surface area contributed by atoms with Crippen LogP contribution in [0.25, 0.3) is 0 Å². The van der Waals surface area contributed by atoms with Gasteiger partial charge < -0.3 is 5.32 Å². The molecular formula is C11H16ClNO. The van der Waals surface area contributed by atoms with Crippen molar-refractivity contribution in [3.05, 3.63) is 29.8 Å². The minimum Gasteiger partial charge on any atom is -0.382 e. The fourth-order valence-corrected chi connectivity index (χ4v) is 1.23. The van der Waals surface area contributed by atoms with Gasteiger partial charge in [-0.1, -0.05) is 12.1 Å². The topological polar surface area (TPSA) is 29.1 Å². The molecule has 0 aliphatic carbocycles. The van der Waals surface area contributed by atoms with Gasteiger partial charge in [-0.15, -0.1) is 12.4 Å². The van der Waals surface area contributed by atoms with Crippen molar-refractivity contribution in [3.63, 3.8) is 0 Å². The van der Waals surface area contributed by atoms with Crippen molar-refractivity contribution in [2.24, 2.45) is 0 Å². The number of carbonyl (C=O) groups excluding carboxylic acids is 1. The number of carbonyl (C=O) groups is 1. The molecule has 78 valence electrons. The lowest BCUT2D eigenvalue weighted by molar-refractivity contribution is 0.101. The first-order chi connectivity index (χ1) is 6.11. The molecule has 14 heavy (non-hydrogen) atoms. The number of Topliss-reactive ketones (excluding diaryl/α,β-unsaturated/α-hetero) is 1. The van der Waals surface area contributed by atoms with Crippen LogP contribution in [0.15, 0.2) is 24.3 Å². The maximum Gasteiger partial charge on any atom is 0.161 e. The Morgan fingerprint density at radius 3 is 2.36 bits per heavy atom. The fraction of sp³-hybridized carbons (Fsp3) is 0.364. The average molecular weight is 214 g/mol. The van der Waals surface area contributed by atoms with Crippen molar-refractivity contribution in [2.75, 3.05) is 5.32 Å². The number of benzene rings is 1. The largest absolute Gasteiger partial charge is 0.382 e. The van der Waals surface area contributed by atoms with Gasteiger partial charge in [0.2, 0.25) is 0 Å². The summed E-state index contributed by atoms with van der Waals surface area (Å²) in [4.78, 5) is 11.2. The molecule has 0 aliphatic rings. The second-order valence-corrected chi connectivity index (χ2v) is 3.40. The van der Waals surface area contributed by atoms with Gasteiger partial charge in [-0.05, 0) is 32.9 Å². The van der Waals surface area contributed by atoms with E-state index in [-0.39, 0.29) is 18.2 Å². The summed E-state index contributed by atoms with van der Waals surface area (Å²) < 4.78 is 0. The van der Waals surface area contributed by atoms with Crippen molar-refractivity contribution >= 4 is 23.9 Å². The Kier molecular flexibility index (Phi) is 5.24. The van der Waals surface area contributed by atoms with Gasteiger partial charge >= 0.3 is 0 Å². The second-order valence-electron chi connectivity index (χ2n) is 3.40. The van der Waals surface area contributed by atoms with E-state index in [1.165, 1.54) is 0 Å². The third-order valence-corrected chi connectivity index (χ3v) is 1.75. The summed E-state index contributed by atoms with van der Waals surface area (Å²) in [6.07, 6.45) is 0. The molecule has 0 aromatic heterocycles. The molecule has 1 aromatic rings. The van der Waals surface area contributed by atoms with Crippen LogP contribution in [-0.2, 0) is 0 Å². The van der Waals surface area contributed by atoms with Crippen LogP contribution in [0.2, 0.25) is 0 Å². The summed E-state index contributed by atoms with van der Waals surface area (Å²) >= 11 is 0. The summed E-state index contributed by atoms with van der Waals surface area (Å²) in [5.41, 5.74) is 1.68. The molecule has 3 heteroatoms. The number of halogens is 1. The molecule has 2 nitrogen and oxygen atoms in total. The molecule has 0 fully saturated rings. The number of rotatable bonds is 3. The number of para-hydroxylation sites is 1. The van der Waals surface area contributed by atoms with Gasteiger partial charge in [0.05, 0.1) is 0 Å². The fourth-order valence-electron chi connectivity index (χ4n) is 1.23. The van der Waals surface area contributed by atoms with Gasteiger partial charge in [0.15, 0.2) is 5.78 Å². The Morgan fingerprint density at radius 1 is 1.29 bits per heavy atom. The predicted molar refractivity (Wildman–Crippen MR) is 62.5 cm³/mol. The molecule has 0 spiro atoms. The predicted octanol–water partition coefficient (Wildman–Crippen LogP) is 3.13. The van der Waals surface area contributed by atoms with E-state index in [0.717, 1.165) is 11.3 Å². The first-order valence-corrected chi connectivity index (χ1v) is 4.47. The summed E-state index contributed by atoms with van der Waals surface area (Å²) in [5, 5.41) is 3.23. The lowest BCUT2D eigenvalue weighted by atomic mass is 10.1. The van der Waals surface area contributed by atoms with Gasteiger partial charge in [0.25, 0.3) is 0 Å². The van der Waals surface area contributed by atoms with Crippen LogP contribution in [0.3, 0.4) is 0 Å². The zero-order chi connectivity index (χ0) is 9.84. The van der Waals surface area contributed by atoms with E-state index in [1.807, 2.05) is 24.3 Å². The van der Waals surface area contributed by atoms with Gasteiger partial charge in [-0.3, -0.25) is 4.79 Å². The zero-order valence-electron chi connectivity index (χ0n) is 8.70. The Hall–Kier alpha value is -1.02. The highest BCUT2D eigenvalue weighted by molar-refractivity contribution is 5.99. The molecule has 1 rings (SSSR count). The number of hydrogen-bond donors (Lipinski definition) is 1. The van der Waals surface area contributed by atoms with E-state index in [9.17, 15) is 4.79 Å². The average Bonchev–Trinajstić information content (AvgIpc) is 2.03. The van der Waals surface area contributed by atoms with Crippen LogP contribution < -0.4 is 5.32 Å². The van der Waals surface area contributed by atoms with Crippen LogP contribution in [0.5, 0.6) is 0 Å². The third kappa shape index (κ3) is 3.38. The number of nitrogens with one attached hydrogen (secondary N) is 1. The summed E-state index contributed by atoms with van der Waals surface area (Å²) in [6.45, 7) is 5.69. The molecule has 0 saturated heterocycles. The van der Waals surface area contributed by atoms with Crippen molar-refractivity contribution < 1.29 is 4.79 Å². The maximum atomic E-state index is 11.2. The standard InChI is InChI=1S/C11H15NO.ClH/c1-8(2)12-11-7-5-4-6-10(11)9(3)13;/h4-8,12H,1-3H3;1H. The minimum atomic E-state index is 0. The van der Waals surface area contributed by atoms with E-state index in [2.05, 4.69) is 19.2 Å². The van der Waals surface area contributed by atoms with E-state index >= 15 is 0 Å². The van der Waals surface area contributed by atoms with Gasteiger partial charge in [-0.2, -0.15) is 0 Å². The SMILES string of the molecule is CC(=O)c1ccccc1NC(C)C.Cl. The van der Waals surface area contributed by atoms with E-state index in [1.54, 1.807) is 6.92 Å². The van der Waals surface area contributed by atoms with Gasteiger partial charge in [-0.25, -0.2) is 0 Å². The minimum absolute atomic E-state index is 0. The smallest absolute Gasteiger partial charge is 0.161 e. The summed E-state index contributed by atoms with van der Waals surface area (Å²) in [7, 11) is 0. The van der Waals surface area contributed by atoms with E-state index < -0.39 is 0 Å². The van der Waals surface area contributed by atoms with Crippen molar-refractivity contribution in [1.29, 1.82) is 0 Å². The van der Waals surface area contributed by atoms with Gasteiger partial charge in [0, 0.05) is 17.3 Å². The Bertz CT molecular complexity index is 310. The first kappa shape index (κ1) is 13.0. The number of anilines is 1. The highest BCUT2D eigenvalue weighted by Crippen LogP contribution is 2.16. The molecule has 0 amide bonds. The lowest BCUT2D eigenvalue weighted by Crippen LogP contribution is -2.12. The first-order valence-electron chi connectivity index (χ1n) is 4.47. The normalized spacial score (nSPS) is 9.43. The third-order valence-electron chi connectivity index (χ3n) is 1.75. The van der Waals surface area contributed by atoms with Crippen LogP contribution in [0, 0.1) is 0 Å². The molecule has 1 N–H and O–H groups in total. The maximum absolute atomic E-state index is 11.2. The van der Waals surface area contributed by atoms with E-state index in [0.29, 0.717) is 6.04 Å². The van der Waals surface area contributed by atoms with E-state index in [4.69, 9.17) is 0 Å². The van der Waals surface area contributed by atoms with Crippen LogP contribution in [0.4, 0.5) is 5.69 Å². The summed E-state index contributed by atoms with van der Waals surface area (Å²) in [5.74, 6) is 0.101. The zero-order valence-corrected chi connectivity index (χ0v) is 9.52. The Labute approximate surface area is 91.1 Å². The van der Waals surface area contributed by atoms with Crippen molar-refractivity contribution in [2.45, 2.75) is 26.8 Å². The molecule has 0 bridgehead atoms. The highest BCUT2D eigenvalue weighted by Gasteiger charge is 2.05. The lowest BCUT2D eigenvalue weighted by Gasteiger charge is -2.12. The Morgan fingerprint density at radius 2 is 1.86 bits per heavy atom. The molecule has 0 heterocycles. The number of ketones is 1. The quantitative estimate of drug-likeness (QED) is 0.782. The molecule has 0 aliphatic heterocycles. The van der Waals surface area contributed by atoms with Crippen LogP contribution >= 0.6 is 12.4 Å².